The molecule has 1 spiro atoms. The van der Waals surface area contributed by atoms with Crippen molar-refractivity contribution >= 4 is 39.3 Å². The Morgan fingerprint density at radius 3 is 2.64 bits per heavy atom. The number of alkyl halides is 1. The predicted molar refractivity (Wildman–Crippen MR) is 124 cm³/mol. The average molecular weight is 524 g/mol. The van der Waals surface area contributed by atoms with Crippen molar-refractivity contribution in [3.8, 4) is 5.75 Å². The van der Waals surface area contributed by atoms with Gasteiger partial charge < -0.3 is 30.1 Å². The van der Waals surface area contributed by atoms with Crippen molar-refractivity contribution in [1.29, 1.82) is 0 Å². The second-order valence-electron chi connectivity index (χ2n) is 8.95. The highest BCUT2D eigenvalue weighted by molar-refractivity contribution is 9.09. The van der Waals surface area contributed by atoms with Gasteiger partial charge in [-0.1, -0.05) is 22.9 Å². The van der Waals surface area contributed by atoms with Crippen LogP contribution in [0.3, 0.4) is 0 Å². The molecule has 3 heterocycles. The van der Waals surface area contributed by atoms with Gasteiger partial charge in [0.2, 0.25) is 17.7 Å². The van der Waals surface area contributed by atoms with Gasteiger partial charge in [-0.05, 0) is 44.0 Å². The molecule has 7 atom stereocenters. The number of aliphatic hydroxyl groups excluding tert-OH is 1. The number of amides is 3. The van der Waals surface area contributed by atoms with Crippen molar-refractivity contribution < 1.29 is 29.0 Å². The Bertz CT molecular complexity index is 927. The van der Waals surface area contributed by atoms with E-state index in [9.17, 15) is 19.5 Å². The first kappa shape index (κ1) is 24.0. The Morgan fingerprint density at radius 1 is 1.33 bits per heavy atom. The lowest BCUT2D eigenvalue weighted by molar-refractivity contribution is -0.143. The van der Waals surface area contributed by atoms with Crippen molar-refractivity contribution in [2.24, 2.45) is 11.8 Å². The Hall–Kier alpha value is -2.17. The summed E-state index contributed by atoms with van der Waals surface area (Å²) in [7, 11) is 1.56. The molecule has 1 aromatic carbocycles. The van der Waals surface area contributed by atoms with E-state index in [0.29, 0.717) is 24.4 Å². The highest BCUT2D eigenvalue weighted by Crippen LogP contribution is 2.60. The van der Waals surface area contributed by atoms with E-state index in [0.717, 1.165) is 6.42 Å². The minimum absolute atomic E-state index is 0.167. The standard InChI is InChI=1S/C23H30BrN3O6/c1-4-9-25-20(29)16-17-22(31)27(12(2)11-28)19(23(17)10-15(24)18(16)33-23)21(30)26-13-5-7-14(32-3)8-6-13/h5-8,12,15-19,28H,4,9-11H2,1-3H3,(H,25,29)(H,26,30)/t12-,15?,16-,17+,18-,19?,23?/m1/s1. The van der Waals surface area contributed by atoms with Gasteiger partial charge in [-0.25, -0.2) is 0 Å². The van der Waals surface area contributed by atoms with Gasteiger partial charge in [0.1, 0.15) is 17.4 Å². The number of ether oxygens (including phenoxy) is 2. The number of nitrogens with one attached hydrogen (secondary N) is 2. The van der Waals surface area contributed by atoms with Crippen molar-refractivity contribution in [2.75, 3.05) is 25.6 Å². The maximum absolute atomic E-state index is 13.7. The molecule has 3 N–H and O–H groups in total. The lowest BCUT2D eigenvalue weighted by Gasteiger charge is -2.35. The number of methoxy groups -OCH3 is 1. The van der Waals surface area contributed by atoms with E-state index in [1.807, 2.05) is 6.92 Å². The SMILES string of the molecule is CCCNC(=O)[C@H]1[C@@H]2OC3(CC2Br)C(C(=O)Nc2ccc(OC)cc2)N([C@H](C)CO)C(=O)[C@H]13. The lowest BCUT2D eigenvalue weighted by Crippen LogP contribution is -2.56. The fourth-order valence-corrected chi connectivity index (χ4v) is 6.42. The summed E-state index contributed by atoms with van der Waals surface area (Å²) in [5.41, 5.74) is -0.603. The van der Waals surface area contributed by atoms with Crippen LogP contribution in [0.15, 0.2) is 24.3 Å². The third-order valence-corrected chi connectivity index (χ3v) is 7.77. The van der Waals surface area contributed by atoms with Crippen LogP contribution in [0.25, 0.3) is 0 Å². The topological polar surface area (TPSA) is 117 Å². The first-order valence-corrected chi connectivity index (χ1v) is 12.2. The number of halogens is 1. The first-order valence-electron chi connectivity index (χ1n) is 11.3. The second-order valence-corrected chi connectivity index (χ2v) is 10.1. The zero-order valence-corrected chi connectivity index (χ0v) is 20.5. The first-order chi connectivity index (χ1) is 15.8. The molecule has 1 aromatic rings. The highest BCUT2D eigenvalue weighted by Gasteiger charge is 2.76. The molecule has 0 aliphatic carbocycles. The Morgan fingerprint density at radius 2 is 2.03 bits per heavy atom. The fourth-order valence-electron chi connectivity index (χ4n) is 5.48. The van der Waals surface area contributed by atoms with Crippen LogP contribution in [-0.2, 0) is 19.1 Å². The lowest BCUT2D eigenvalue weighted by atomic mass is 9.70. The van der Waals surface area contributed by atoms with Gasteiger partial charge >= 0.3 is 0 Å². The van der Waals surface area contributed by atoms with Gasteiger partial charge in [-0.2, -0.15) is 0 Å². The number of carbonyl (C=O) groups excluding carboxylic acids is 3. The van der Waals surface area contributed by atoms with E-state index in [4.69, 9.17) is 9.47 Å². The molecule has 3 unspecified atom stereocenters. The molecule has 4 rings (SSSR count). The van der Waals surface area contributed by atoms with E-state index in [1.165, 1.54) is 4.90 Å². The van der Waals surface area contributed by atoms with Crippen LogP contribution in [0.5, 0.6) is 5.75 Å². The zero-order valence-electron chi connectivity index (χ0n) is 18.9. The number of rotatable bonds is 8. The zero-order chi connectivity index (χ0) is 23.9. The predicted octanol–water partition coefficient (Wildman–Crippen LogP) is 1.29. The maximum atomic E-state index is 13.7. The molecule has 9 nitrogen and oxygen atoms in total. The van der Waals surface area contributed by atoms with Gasteiger partial charge in [0, 0.05) is 17.1 Å². The van der Waals surface area contributed by atoms with Crippen LogP contribution in [0.1, 0.15) is 26.7 Å². The number of hydrogen-bond donors (Lipinski definition) is 3. The molecular formula is C23H30BrN3O6. The average Bonchev–Trinajstić information content (AvgIpc) is 3.40. The number of hydrogen-bond acceptors (Lipinski definition) is 6. The minimum atomic E-state index is -1.15. The number of likely N-dealkylation sites (tertiary alicyclic amines) is 1. The summed E-state index contributed by atoms with van der Waals surface area (Å²) < 4.78 is 11.5. The Kier molecular flexibility index (Phi) is 6.70. The molecule has 3 fully saturated rings. The maximum Gasteiger partial charge on any atom is 0.250 e. The molecule has 180 valence electrons. The summed E-state index contributed by atoms with van der Waals surface area (Å²) in [6, 6.07) is 5.29. The van der Waals surface area contributed by atoms with E-state index < -0.39 is 41.5 Å². The van der Waals surface area contributed by atoms with Crippen LogP contribution in [-0.4, -0.2) is 76.6 Å². The van der Waals surface area contributed by atoms with E-state index in [1.54, 1.807) is 38.3 Å². The van der Waals surface area contributed by atoms with Crippen LogP contribution >= 0.6 is 15.9 Å². The van der Waals surface area contributed by atoms with Gasteiger partial charge in [0.05, 0.1) is 37.7 Å². The quantitative estimate of drug-likeness (QED) is 0.442. The number of nitrogens with zero attached hydrogens (tertiary/aromatic N) is 1. The minimum Gasteiger partial charge on any atom is -0.497 e. The van der Waals surface area contributed by atoms with Gasteiger partial charge in [0.25, 0.3) is 0 Å². The number of fused-ring (bicyclic) bond motifs is 1. The smallest absolute Gasteiger partial charge is 0.250 e. The van der Waals surface area contributed by atoms with Gasteiger partial charge in [-0.15, -0.1) is 0 Å². The van der Waals surface area contributed by atoms with Crippen LogP contribution in [0.2, 0.25) is 0 Å². The third kappa shape index (κ3) is 3.81. The van der Waals surface area contributed by atoms with Crippen molar-refractivity contribution in [3.05, 3.63) is 24.3 Å². The van der Waals surface area contributed by atoms with Crippen LogP contribution in [0, 0.1) is 11.8 Å². The summed E-state index contributed by atoms with van der Waals surface area (Å²) in [4.78, 5) is 41.6. The Labute approximate surface area is 201 Å². The molecule has 10 heteroatoms. The van der Waals surface area contributed by atoms with Crippen molar-refractivity contribution in [1.82, 2.24) is 10.2 Å². The second kappa shape index (κ2) is 9.23. The largest absolute Gasteiger partial charge is 0.497 e. The molecule has 0 radical (unpaired) electrons. The van der Waals surface area contributed by atoms with E-state index >= 15 is 0 Å². The van der Waals surface area contributed by atoms with Crippen LogP contribution < -0.4 is 15.4 Å². The summed E-state index contributed by atoms with van der Waals surface area (Å²) in [5, 5.41) is 15.6. The summed E-state index contributed by atoms with van der Waals surface area (Å²) in [6.45, 7) is 3.83. The number of carbonyl (C=O) groups is 3. The number of benzene rings is 1. The molecule has 33 heavy (non-hydrogen) atoms. The third-order valence-electron chi connectivity index (χ3n) is 6.92. The molecule has 2 bridgehead atoms. The highest BCUT2D eigenvalue weighted by atomic mass is 79.9. The normalized spacial score (nSPS) is 33.1. The van der Waals surface area contributed by atoms with E-state index in [2.05, 4.69) is 26.6 Å². The fraction of sp³-hybridized carbons (Fsp3) is 0.609. The summed E-state index contributed by atoms with van der Waals surface area (Å²) in [5.74, 6) is -1.81. The molecule has 0 aromatic heterocycles. The molecular weight excluding hydrogens is 494 g/mol. The monoisotopic (exact) mass is 523 g/mol. The molecule has 3 saturated heterocycles. The van der Waals surface area contributed by atoms with Crippen molar-refractivity contribution in [3.63, 3.8) is 0 Å². The molecule has 0 saturated carbocycles. The summed E-state index contributed by atoms with van der Waals surface area (Å²) in [6.07, 6.45) is 0.686. The van der Waals surface area contributed by atoms with Gasteiger partial charge in [-0.3, -0.25) is 14.4 Å². The molecule has 3 aliphatic heterocycles. The summed E-state index contributed by atoms with van der Waals surface area (Å²) >= 11 is 3.63. The Balaban J connectivity index is 1.69. The molecule has 3 amide bonds. The van der Waals surface area contributed by atoms with Crippen LogP contribution in [0.4, 0.5) is 5.69 Å². The molecule has 3 aliphatic rings. The van der Waals surface area contributed by atoms with Crippen molar-refractivity contribution in [2.45, 2.75) is 55.3 Å². The number of aliphatic hydroxyl groups is 1. The van der Waals surface area contributed by atoms with E-state index in [-0.39, 0.29) is 23.2 Å². The van der Waals surface area contributed by atoms with Gasteiger partial charge in [0.15, 0.2) is 0 Å². The number of anilines is 1.